The quantitative estimate of drug-likeness (QED) is 0.324. The Kier molecular flexibility index (Phi) is 8.23. The average molecular weight is 475 g/mol. The minimum Gasteiger partial charge on any atom is -0.497 e. The van der Waals surface area contributed by atoms with Crippen molar-refractivity contribution in [1.29, 1.82) is 0 Å². The number of hydrogen-bond acceptors (Lipinski definition) is 9. The van der Waals surface area contributed by atoms with Crippen LogP contribution >= 0.6 is 23.1 Å². The second kappa shape index (κ2) is 11.1. The van der Waals surface area contributed by atoms with Crippen molar-refractivity contribution < 1.29 is 14.3 Å². The SMILES string of the molecule is C=CCn1c(SCC(=O)Nc2nnc(C(C)C)s2)nnc1C(C)Oc1ccc(OC)cc1. The van der Waals surface area contributed by atoms with Crippen LogP contribution in [0.1, 0.15) is 43.6 Å². The van der Waals surface area contributed by atoms with E-state index >= 15 is 0 Å². The predicted molar refractivity (Wildman–Crippen MR) is 126 cm³/mol. The third-order valence-corrected chi connectivity index (χ3v) is 6.41. The number of amides is 1. The summed E-state index contributed by atoms with van der Waals surface area (Å²) in [5.41, 5.74) is 0. The summed E-state index contributed by atoms with van der Waals surface area (Å²) in [5.74, 6) is 2.35. The number of hydrogen-bond donors (Lipinski definition) is 1. The first-order valence-electron chi connectivity index (χ1n) is 10.0. The summed E-state index contributed by atoms with van der Waals surface area (Å²) in [6.45, 7) is 10.3. The van der Waals surface area contributed by atoms with E-state index in [1.807, 2.05) is 49.6 Å². The van der Waals surface area contributed by atoms with Gasteiger partial charge in [-0.15, -0.1) is 27.0 Å². The van der Waals surface area contributed by atoms with E-state index in [0.29, 0.717) is 28.4 Å². The lowest BCUT2D eigenvalue weighted by Crippen LogP contribution is -2.15. The first kappa shape index (κ1) is 23.7. The van der Waals surface area contributed by atoms with Crippen molar-refractivity contribution in [1.82, 2.24) is 25.0 Å². The summed E-state index contributed by atoms with van der Waals surface area (Å²) >= 11 is 2.67. The monoisotopic (exact) mass is 474 g/mol. The van der Waals surface area contributed by atoms with Crippen LogP contribution in [0.2, 0.25) is 0 Å². The zero-order chi connectivity index (χ0) is 23.1. The third-order valence-electron chi connectivity index (χ3n) is 4.31. The average Bonchev–Trinajstić information content (AvgIpc) is 3.40. The molecule has 170 valence electrons. The predicted octanol–water partition coefficient (Wildman–Crippen LogP) is 4.32. The Morgan fingerprint density at radius 3 is 2.53 bits per heavy atom. The number of nitrogens with one attached hydrogen (secondary N) is 1. The van der Waals surface area contributed by atoms with Gasteiger partial charge in [0.05, 0.1) is 12.9 Å². The fourth-order valence-corrected chi connectivity index (χ4v) is 4.24. The van der Waals surface area contributed by atoms with Crippen LogP contribution in [0.4, 0.5) is 5.13 Å². The van der Waals surface area contributed by atoms with E-state index in [0.717, 1.165) is 10.8 Å². The van der Waals surface area contributed by atoms with Gasteiger partial charge in [-0.3, -0.25) is 14.7 Å². The van der Waals surface area contributed by atoms with Crippen LogP contribution < -0.4 is 14.8 Å². The zero-order valence-corrected chi connectivity index (χ0v) is 20.1. The molecule has 3 aromatic rings. The summed E-state index contributed by atoms with van der Waals surface area (Å²) in [5, 5.41) is 21.4. The Balaban J connectivity index is 1.63. The van der Waals surface area contributed by atoms with Crippen LogP contribution in [0.3, 0.4) is 0 Å². The first-order chi connectivity index (χ1) is 15.4. The molecule has 0 bridgehead atoms. The van der Waals surface area contributed by atoms with Crippen LogP contribution in [-0.2, 0) is 11.3 Å². The van der Waals surface area contributed by atoms with Gasteiger partial charge >= 0.3 is 0 Å². The number of anilines is 1. The number of methoxy groups -OCH3 is 1. The van der Waals surface area contributed by atoms with Gasteiger partial charge in [0, 0.05) is 12.5 Å². The normalized spacial score (nSPS) is 11.9. The summed E-state index contributed by atoms with van der Waals surface area (Å²) in [7, 11) is 1.62. The van der Waals surface area contributed by atoms with Gasteiger partial charge < -0.3 is 9.47 Å². The van der Waals surface area contributed by atoms with Gasteiger partial charge in [-0.1, -0.05) is 43.0 Å². The molecule has 0 aliphatic heterocycles. The Bertz CT molecular complexity index is 1050. The summed E-state index contributed by atoms with van der Waals surface area (Å²) in [6, 6.07) is 7.33. The van der Waals surface area contributed by atoms with E-state index in [4.69, 9.17) is 9.47 Å². The maximum atomic E-state index is 12.4. The number of thioether (sulfide) groups is 1. The summed E-state index contributed by atoms with van der Waals surface area (Å²) < 4.78 is 13.1. The highest BCUT2D eigenvalue weighted by molar-refractivity contribution is 7.99. The fraction of sp³-hybridized carbons (Fsp3) is 0.381. The largest absolute Gasteiger partial charge is 0.497 e. The van der Waals surface area contributed by atoms with Crippen molar-refractivity contribution in [2.45, 2.75) is 44.5 Å². The molecule has 0 aliphatic rings. The van der Waals surface area contributed by atoms with Crippen LogP contribution in [-0.4, -0.2) is 43.7 Å². The van der Waals surface area contributed by atoms with Gasteiger partial charge in [0.25, 0.3) is 0 Å². The number of aromatic nitrogens is 5. The molecule has 0 spiro atoms. The van der Waals surface area contributed by atoms with Gasteiger partial charge in [-0.2, -0.15) is 0 Å². The Morgan fingerprint density at radius 2 is 1.91 bits per heavy atom. The van der Waals surface area contributed by atoms with Crippen molar-refractivity contribution in [2.75, 3.05) is 18.2 Å². The minimum atomic E-state index is -0.352. The van der Waals surface area contributed by atoms with E-state index in [9.17, 15) is 4.79 Å². The number of carbonyl (C=O) groups excluding carboxylic acids is 1. The van der Waals surface area contributed by atoms with E-state index in [1.165, 1.54) is 23.1 Å². The van der Waals surface area contributed by atoms with Crippen LogP contribution in [0.15, 0.2) is 42.1 Å². The first-order valence-corrected chi connectivity index (χ1v) is 11.8. The van der Waals surface area contributed by atoms with Crippen LogP contribution in [0.5, 0.6) is 11.5 Å². The molecule has 3 rings (SSSR count). The van der Waals surface area contributed by atoms with Gasteiger partial charge in [-0.05, 0) is 31.2 Å². The molecule has 1 unspecified atom stereocenters. The number of ether oxygens (including phenoxy) is 2. The molecule has 0 saturated carbocycles. The molecule has 9 nitrogen and oxygen atoms in total. The lowest BCUT2D eigenvalue weighted by atomic mass is 10.2. The molecule has 1 aromatic carbocycles. The maximum absolute atomic E-state index is 12.4. The van der Waals surface area contributed by atoms with E-state index < -0.39 is 0 Å². The molecule has 0 fully saturated rings. The third kappa shape index (κ3) is 6.07. The van der Waals surface area contributed by atoms with E-state index in [-0.39, 0.29) is 23.7 Å². The van der Waals surface area contributed by atoms with Crippen LogP contribution in [0.25, 0.3) is 0 Å². The molecule has 1 N–H and O–H groups in total. The highest BCUT2D eigenvalue weighted by atomic mass is 32.2. The van der Waals surface area contributed by atoms with E-state index in [2.05, 4.69) is 32.3 Å². The number of rotatable bonds is 11. The molecule has 1 amide bonds. The van der Waals surface area contributed by atoms with Gasteiger partial charge in [0.15, 0.2) is 17.1 Å². The number of allylic oxidation sites excluding steroid dienone is 1. The van der Waals surface area contributed by atoms with Crippen molar-refractivity contribution in [2.24, 2.45) is 0 Å². The Labute approximate surface area is 195 Å². The molecule has 0 radical (unpaired) electrons. The fourth-order valence-electron chi connectivity index (χ4n) is 2.72. The zero-order valence-electron chi connectivity index (χ0n) is 18.4. The lowest BCUT2D eigenvalue weighted by molar-refractivity contribution is -0.113. The van der Waals surface area contributed by atoms with Crippen molar-refractivity contribution in [3.63, 3.8) is 0 Å². The maximum Gasteiger partial charge on any atom is 0.236 e. The molecular formula is C21H26N6O3S2. The second-order valence-corrected chi connectivity index (χ2v) is 9.06. The lowest BCUT2D eigenvalue weighted by Gasteiger charge is -2.16. The molecular weight excluding hydrogens is 448 g/mol. The van der Waals surface area contributed by atoms with Gasteiger partial charge in [-0.25, -0.2) is 0 Å². The molecule has 1 atom stereocenters. The summed E-state index contributed by atoms with van der Waals surface area (Å²) in [4.78, 5) is 12.4. The van der Waals surface area contributed by atoms with Crippen molar-refractivity contribution >= 4 is 34.1 Å². The number of benzene rings is 1. The molecule has 2 aromatic heterocycles. The second-order valence-electron chi connectivity index (χ2n) is 7.11. The highest BCUT2D eigenvalue weighted by Crippen LogP contribution is 2.27. The number of carbonyl (C=O) groups is 1. The van der Waals surface area contributed by atoms with Crippen molar-refractivity contribution in [3.05, 3.63) is 47.8 Å². The summed E-state index contributed by atoms with van der Waals surface area (Å²) in [6.07, 6.45) is 1.40. The Hall–Kier alpha value is -2.92. The molecule has 2 heterocycles. The number of nitrogens with zero attached hydrogens (tertiary/aromatic N) is 5. The smallest absolute Gasteiger partial charge is 0.236 e. The molecule has 11 heteroatoms. The molecule has 0 saturated heterocycles. The standard InChI is InChI=1S/C21H26N6O3S2/c1-6-11-27-18(14(4)30-16-9-7-15(29-5)8-10-16)23-26-21(27)31-12-17(28)22-20-25-24-19(32-20)13(2)3/h6-10,13-14H,1,11-12H2,2-5H3,(H,22,25,28). The van der Waals surface area contributed by atoms with E-state index in [1.54, 1.807) is 13.2 Å². The van der Waals surface area contributed by atoms with Crippen LogP contribution in [0, 0.1) is 0 Å². The van der Waals surface area contributed by atoms with Gasteiger partial charge in [0.2, 0.25) is 11.0 Å². The van der Waals surface area contributed by atoms with Gasteiger partial charge in [0.1, 0.15) is 16.5 Å². The minimum absolute atomic E-state index is 0.166. The molecule has 32 heavy (non-hydrogen) atoms. The van der Waals surface area contributed by atoms with Crippen molar-refractivity contribution in [3.8, 4) is 11.5 Å². The highest BCUT2D eigenvalue weighted by Gasteiger charge is 2.20. The Morgan fingerprint density at radius 1 is 1.19 bits per heavy atom. The topological polar surface area (TPSA) is 104 Å². The molecule has 0 aliphatic carbocycles.